The zero-order chi connectivity index (χ0) is 21.8. The highest BCUT2D eigenvalue weighted by atomic mass is 16.2. The van der Waals surface area contributed by atoms with Crippen LogP contribution in [-0.4, -0.2) is 16.6 Å². The maximum absolute atomic E-state index is 13.1. The molecule has 0 amide bonds. The van der Waals surface area contributed by atoms with Crippen LogP contribution in [0.15, 0.2) is 94.5 Å². The fourth-order valence-electron chi connectivity index (χ4n) is 3.84. The van der Waals surface area contributed by atoms with Gasteiger partial charge in [-0.05, 0) is 22.3 Å². The third kappa shape index (κ3) is 4.36. The van der Waals surface area contributed by atoms with Crippen LogP contribution >= 0.6 is 0 Å². The first-order chi connectivity index (χ1) is 15.0. The predicted molar refractivity (Wildman–Crippen MR) is 126 cm³/mol. The van der Waals surface area contributed by atoms with Crippen molar-refractivity contribution in [3.05, 3.63) is 122 Å². The van der Waals surface area contributed by atoms with E-state index in [0.717, 1.165) is 26.8 Å². The van der Waals surface area contributed by atoms with Crippen LogP contribution in [0.2, 0.25) is 0 Å². The molecule has 0 aliphatic heterocycles. The van der Waals surface area contributed by atoms with Crippen molar-refractivity contribution in [2.75, 3.05) is 11.9 Å². The number of nitrogens with zero attached hydrogens (tertiary/aromatic N) is 2. The first kappa shape index (κ1) is 20.4. The molecule has 0 bridgehead atoms. The first-order valence-corrected chi connectivity index (χ1v) is 10.2. The summed E-state index contributed by atoms with van der Waals surface area (Å²) in [6.45, 7) is 0.581. The molecule has 0 aliphatic carbocycles. The van der Waals surface area contributed by atoms with Crippen LogP contribution in [0, 0.1) is 0 Å². The number of H-pyrrole nitrogens is 1. The van der Waals surface area contributed by atoms with Gasteiger partial charge in [-0.3, -0.25) is 14.3 Å². The average Bonchev–Trinajstić information content (AvgIpc) is 2.81. The van der Waals surface area contributed by atoms with Crippen LogP contribution in [0.5, 0.6) is 0 Å². The van der Waals surface area contributed by atoms with E-state index in [1.54, 1.807) is 0 Å². The maximum Gasteiger partial charge on any atom is 0.329 e. The number of hydrogen-bond acceptors (Lipinski definition) is 3. The Morgan fingerprint density at radius 2 is 1.45 bits per heavy atom. The van der Waals surface area contributed by atoms with Gasteiger partial charge in [0.05, 0.1) is 5.56 Å². The van der Waals surface area contributed by atoms with Crippen molar-refractivity contribution >= 4 is 5.82 Å². The molecular formula is C26H25N3O2. The van der Waals surface area contributed by atoms with E-state index in [4.69, 9.17) is 0 Å². The lowest BCUT2D eigenvalue weighted by atomic mass is 9.95. The largest absolute Gasteiger partial charge is 0.356 e. The summed E-state index contributed by atoms with van der Waals surface area (Å²) in [5.41, 5.74) is 4.19. The minimum absolute atomic E-state index is 0.276. The Balaban J connectivity index is 1.78. The molecule has 0 spiro atoms. The molecule has 5 nitrogen and oxygen atoms in total. The third-order valence-corrected chi connectivity index (χ3v) is 5.49. The molecule has 0 atom stereocenters. The van der Waals surface area contributed by atoms with Gasteiger partial charge in [0, 0.05) is 27.1 Å². The number of aromatic nitrogens is 2. The zero-order valence-electron chi connectivity index (χ0n) is 17.7. The van der Waals surface area contributed by atoms with Gasteiger partial charge in [-0.15, -0.1) is 0 Å². The molecular weight excluding hydrogens is 386 g/mol. The Morgan fingerprint density at radius 3 is 2.16 bits per heavy atom. The summed E-state index contributed by atoms with van der Waals surface area (Å²) < 4.78 is 1.14. The van der Waals surface area contributed by atoms with Gasteiger partial charge in [0.1, 0.15) is 5.82 Å². The van der Waals surface area contributed by atoms with Crippen LogP contribution in [0.25, 0.3) is 11.1 Å². The molecule has 1 N–H and O–H groups in total. The van der Waals surface area contributed by atoms with Gasteiger partial charge in [0.15, 0.2) is 0 Å². The minimum Gasteiger partial charge on any atom is -0.356 e. The van der Waals surface area contributed by atoms with E-state index in [1.165, 1.54) is 7.05 Å². The van der Waals surface area contributed by atoms with E-state index in [0.29, 0.717) is 24.3 Å². The van der Waals surface area contributed by atoms with Crippen molar-refractivity contribution in [1.29, 1.82) is 0 Å². The summed E-state index contributed by atoms with van der Waals surface area (Å²) in [4.78, 5) is 30.4. The molecule has 4 rings (SSSR count). The van der Waals surface area contributed by atoms with Crippen LogP contribution < -0.4 is 16.1 Å². The molecule has 4 aromatic rings. The van der Waals surface area contributed by atoms with Crippen LogP contribution in [-0.2, 0) is 20.0 Å². The molecule has 1 aromatic heterocycles. The average molecular weight is 412 g/mol. The second kappa shape index (κ2) is 8.88. The van der Waals surface area contributed by atoms with Crippen molar-refractivity contribution in [2.45, 2.75) is 13.0 Å². The number of rotatable bonds is 6. The number of anilines is 1. The summed E-state index contributed by atoms with van der Waals surface area (Å²) in [7, 11) is 3.40. The van der Waals surface area contributed by atoms with Crippen molar-refractivity contribution < 1.29 is 0 Å². The molecule has 5 heteroatoms. The van der Waals surface area contributed by atoms with Crippen LogP contribution in [0.3, 0.4) is 0 Å². The Morgan fingerprint density at radius 1 is 0.839 bits per heavy atom. The van der Waals surface area contributed by atoms with Crippen LogP contribution in [0.1, 0.15) is 16.7 Å². The number of nitrogens with one attached hydrogen (secondary N) is 1. The molecule has 0 fully saturated rings. The highest BCUT2D eigenvalue weighted by Gasteiger charge is 2.18. The smallest absolute Gasteiger partial charge is 0.329 e. The second-order valence-electron chi connectivity index (χ2n) is 7.66. The number of hydrogen-bond donors (Lipinski definition) is 1. The van der Waals surface area contributed by atoms with E-state index >= 15 is 0 Å². The van der Waals surface area contributed by atoms with Crippen molar-refractivity contribution in [3.63, 3.8) is 0 Å². The summed E-state index contributed by atoms with van der Waals surface area (Å²) in [6, 6.07) is 28.2. The lowest BCUT2D eigenvalue weighted by Gasteiger charge is -2.22. The third-order valence-electron chi connectivity index (χ3n) is 5.49. The first-order valence-electron chi connectivity index (χ1n) is 10.2. The van der Waals surface area contributed by atoms with Crippen LogP contribution in [0.4, 0.5) is 5.82 Å². The standard InChI is InChI=1S/C26H25N3O2/c1-28(18-19-11-5-3-6-12-19)24-23(25(30)29(2)26(31)27-24)17-21-15-9-10-16-22(21)20-13-7-4-8-14-20/h3-16H,17-18H2,1-2H3,(H,27,31). The van der Waals surface area contributed by atoms with E-state index in [-0.39, 0.29) is 5.56 Å². The van der Waals surface area contributed by atoms with Gasteiger partial charge in [0.2, 0.25) is 0 Å². The van der Waals surface area contributed by atoms with E-state index in [1.807, 2.05) is 78.7 Å². The summed E-state index contributed by atoms with van der Waals surface area (Å²) in [5.74, 6) is 0.555. The minimum atomic E-state index is -0.417. The highest BCUT2D eigenvalue weighted by Crippen LogP contribution is 2.27. The molecule has 31 heavy (non-hydrogen) atoms. The van der Waals surface area contributed by atoms with Gasteiger partial charge < -0.3 is 4.90 Å². The topological polar surface area (TPSA) is 58.1 Å². The lowest BCUT2D eigenvalue weighted by Crippen LogP contribution is -2.38. The zero-order valence-corrected chi connectivity index (χ0v) is 17.7. The molecule has 0 radical (unpaired) electrons. The molecule has 0 saturated carbocycles. The van der Waals surface area contributed by atoms with E-state index in [9.17, 15) is 9.59 Å². The molecule has 0 unspecified atom stereocenters. The van der Waals surface area contributed by atoms with Gasteiger partial charge in [-0.2, -0.15) is 0 Å². The summed E-state index contributed by atoms with van der Waals surface area (Å²) >= 11 is 0. The summed E-state index contributed by atoms with van der Waals surface area (Å²) in [5, 5.41) is 0. The normalized spacial score (nSPS) is 10.8. The fourth-order valence-corrected chi connectivity index (χ4v) is 3.84. The number of aromatic amines is 1. The quantitative estimate of drug-likeness (QED) is 0.522. The van der Waals surface area contributed by atoms with Gasteiger partial charge in [-0.25, -0.2) is 4.79 Å². The van der Waals surface area contributed by atoms with Crippen molar-refractivity contribution in [2.24, 2.45) is 7.05 Å². The van der Waals surface area contributed by atoms with Crippen molar-refractivity contribution in [3.8, 4) is 11.1 Å². The Hall–Kier alpha value is -3.86. The van der Waals surface area contributed by atoms with E-state index in [2.05, 4.69) is 23.2 Å². The second-order valence-corrected chi connectivity index (χ2v) is 7.66. The fraction of sp³-hybridized carbons (Fsp3) is 0.154. The summed E-state index contributed by atoms with van der Waals surface area (Å²) in [6.07, 6.45) is 0.420. The lowest BCUT2D eigenvalue weighted by molar-refractivity contribution is 0.742. The predicted octanol–water partition coefficient (Wildman–Crippen LogP) is 3.97. The van der Waals surface area contributed by atoms with Crippen molar-refractivity contribution in [1.82, 2.24) is 9.55 Å². The van der Waals surface area contributed by atoms with Gasteiger partial charge in [-0.1, -0.05) is 84.9 Å². The van der Waals surface area contributed by atoms with Gasteiger partial charge in [0.25, 0.3) is 5.56 Å². The monoisotopic (exact) mass is 411 g/mol. The molecule has 3 aromatic carbocycles. The maximum atomic E-state index is 13.1. The molecule has 0 aliphatic rings. The number of benzene rings is 3. The Labute approximate surface area is 181 Å². The highest BCUT2D eigenvalue weighted by molar-refractivity contribution is 5.68. The Bertz CT molecular complexity index is 1290. The Kier molecular flexibility index (Phi) is 5.85. The molecule has 0 saturated heterocycles. The molecule has 156 valence electrons. The van der Waals surface area contributed by atoms with E-state index < -0.39 is 5.69 Å². The molecule has 1 heterocycles. The SMILES string of the molecule is CN(Cc1ccccc1)c1[nH]c(=O)n(C)c(=O)c1Cc1ccccc1-c1ccccc1. The van der Waals surface area contributed by atoms with Gasteiger partial charge >= 0.3 is 5.69 Å².